The van der Waals surface area contributed by atoms with Crippen LogP contribution >= 0.6 is 23.4 Å². The molecule has 0 saturated heterocycles. The molecule has 0 amide bonds. The Morgan fingerprint density at radius 2 is 2.00 bits per heavy atom. The fraction of sp³-hybridized carbons (Fsp3) is 0.400. The van der Waals surface area contributed by atoms with E-state index in [1.807, 2.05) is 30.9 Å². The molecule has 13 heavy (non-hydrogen) atoms. The van der Waals surface area contributed by atoms with Gasteiger partial charge < -0.3 is 5.32 Å². The molecule has 1 aromatic rings. The van der Waals surface area contributed by atoms with Gasteiger partial charge in [-0.25, -0.2) is 0 Å². The Morgan fingerprint density at radius 1 is 1.38 bits per heavy atom. The maximum Gasteiger partial charge on any atom is 0.0409 e. The molecule has 0 spiro atoms. The highest BCUT2D eigenvalue weighted by Gasteiger charge is 2.06. The molecule has 1 N–H and O–H groups in total. The lowest BCUT2D eigenvalue weighted by Crippen LogP contribution is -2.18. The summed E-state index contributed by atoms with van der Waals surface area (Å²) in [4.78, 5) is 0. The lowest BCUT2D eigenvalue weighted by Gasteiger charge is -2.14. The minimum Gasteiger partial charge on any atom is -0.312 e. The Hall–Kier alpha value is -0.180. The zero-order valence-electron chi connectivity index (χ0n) is 7.88. The van der Waals surface area contributed by atoms with Crippen LogP contribution < -0.4 is 5.32 Å². The lowest BCUT2D eigenvalue weighted by atomic mass is 10.1. The topological polar surface area (TPSA) is 12.0 Å². The summed E-state index contributed by atoms with van der Waals surface area (Å²) in [5, 5.41) is 4.07. The van der Waals surface area contributed by atoms with Gasteiger partial charge in [0.05, 0.1) is 0 Å². The Labute approximate surface area is 88.9 Å². The fourth-order valence-electron chi connectivity index (χ4n) is 1.21. The van der Waals surface area contributed by atoms with Crippen molar-refractivity contribution < 1.29 is 0 Å². The zero-order valence-corrected chi connectivity index (χ0v) is 9.45. The minimum absolute atomic E-state index is 0.423. The summed E-state index contributed by atoms with van der Waals surface area (Å²) in [7, 11) is 1.98. The van der Waals surface area contributed by atoms with E-state index in [4.69, 9.17) is 11.6 Å². The summed E-state index contributed by atoms with van der Waals surface area (Å²) in [6.07, 6.45) is 2.11. The number of hydrogen-bond donors (Lipinski definition) is 1. The third-order valence-electron chi connectivity index (χ3n) is 1.95. The van der Waals surface area contributed by atoms with Crippen LogP contribution in [0.1, 0.15) is 11.6 Å². The molecular weight excluding hydrogens is 202 g/mol. The molecule has 1 atom stereocenters. The Bertz CT molecular complexity index is 248. The average Bonchev–Trinajstić information content (AvgIpc) is 2.16. The second kappa shape index (κ2) is 5.53. The number of benzene rings is 1. The quantitative estimate of drug-likeness (QED) is 0.829. The first-order chi connectivity index (χ1) is 6.27. The van der Waals surface area contributed by atoms with Crippen LogP contribution in [0.25, 0.3) is 0 Å². The molecule has 0 bridgehead atoms. The first-order valence-corrected chi connectivity index (χ1v) is 5.96. The van der Waals surface area contributed by atoms with Crippen molar-refractivity contribution in [2.24, 2.45) is 0 Å². The van der Waals surface area contributed by atoms with E-state index < -0.39 is 0 Å². The molecule has 0 aliphatic rings. The SMILES string of the molecule is CNC(CSC)c1ccc(Cl)cc1. The largest absolute Gasteiger partial charge is 0.312 e. The highest BCUT2D eigenvalue weighted by Crippen LogP contribution is 2.18. The highest BCUT2D eigenvalue weighted by molar-refractivity contribution is 7.98. The van der Waals surface area contributed by atoms with Crippen molar-refractivity contribution in [1.82, 2.24) is 5.32 Å². The normalized spacial score (nSPS) is 12.8. The van der Waals surface area contributed by atoms with Crippen LogP contribution in [-0.2, 0) is 0 Å². The third-order valence-corrected chi connectivity index (χ3v) is 2.87. The second-order valence-electron chi connectivity index (χ2n) is 2.85. The molecule has 0 saturated carbocycles. The van der Waals surface area contributed by atoms with E-state index >= 15 is 0 Å². The molecule has 0 fully saturated rings. The summed E-state index contributed by atoms with van der Waals surface area (Å²) >= 11 is 7.65. The predicted molar refractivity (Wildman–Crippen MR) is 61.6 cm³/mol. The number of thioether (sulfide) groups is 1. The van der Waals surface area contributed by atoms with Crippen molar-refractivity contribution in [1.29, 1.82) is 0 Å². The van der Waals surface area contributed by atoms with Crippen molar-refractivity contribution in [2.45, 2.75) is 6.04 Å². The Kier molecular flexibility index (Phi) is 4.64. The first kappa shape index (κ1) is 10.9. The van der Waals surface area contributed by atoms with Gasteiger partial charge >= 0.3 is 0 Å². The van der Waals surface area contributed by atoms with Crippen LogP contribution in [0.5, 0.6) is 0 Å². The molecule has 72 valence electrons. The summed E-state index contributed by atoms with van der Waals surface area (Å²) in [6, 6.07) is 8.43. The van der Waals surface area contributed by atoms with Crippen LogP contribution in [0.4, 0.5) is 0 Å². The molecule has 0 aromatic heterocycles. The van der Waals surface area contributed by atoms with E-state index in [0.717, 1.165) is 10.8 Å². The van der Waals surface area contributed by atoms with Crippen molar-refractivity contribution in [3.05, 3.63) is 34.9 Å². The van der Waals surface area contributed by atoms with Gasteiger partial charge in [0.15, 0.2) is 0 Å². The van der Waals surface area contributed by atoms with Crippen LogP contribution in [-0.4, -0.2) is 19.1 Å². The molecule has 1 nitrogen and oxygen atoms in total. The number of halogens is 1. The van der Waals surface area contributed by atoms with Gasteiger partial charge in [-0.05, 0) is 31.0 Å². The van der Waals surface area contributed by atoms with Crippen LogP contribution in [0.2, 0.25) is 5.02 Å². The van der Waals surface area contributed by atoms with Crippen LogP contribution in [0, 0.1) is 0 Å². The van der Waals surface area contributed by atoms with E-state index in [1.165, 1.54) is 5.56 Å². The van der Waals surface area contributed by atoms with Gasteiger partial charge in [0.1, 0.15) is 0 Å². The van der Waals surface area contributed by atoms with Gasteiger partial charge in [0.2, 0.25) is 0 Å². The van der Waals surface area contributed by atoms with Crippen molar-refractivity contribution in [3.63, 3.8) is 0 Å². The molecule has 0 heterocycles. The van der Waals surface area contributed by atoms with E-state index in [-0.39, 0.29) is 0 Å². The predicted octanol–water partition coefficient (Wildman–Crippen LogP) is 2.96. The van der Waals surface area contributed by atoms with Gasteiger partial charge in [-0.2, -0.15) is 11.8 Å². The van der Waals surface area contributed by atoms with Gasteiger partial charge in [0.25, 0.3) is 0 Å². The Morgan fingerprint density at radius 3 is 2.46 bits per heavy atom. The van der Waals surface area contributed by atoms with E-state index in [1.54, 1.807) is 0 Å². The van der Waals surface area contributed by atoms with E-state index in [2.05, 4.69) is 23.7 Å². The van der Waals surface area contributed by atoms with Crippen molar-refractivity contribution in [3.8, 4) is 0 Å². The van der Waals surface area contributed by atoms with Crippen molar-refractivity contribution >= 4 is 23.4 Å². The maximum atomic E-state index is 5.81. The standard InChI is InChI=1S/C10H14ClNS/c1-12-10(7-13-2)8-3-5-9(11)6-4-8/h3-6,10,12H,7H2,1-2H3. The van der Waals surface area contributed by atoms with Crippen LogP contribution in [0.15, 0.2) is 24.3 Å². The zero-order chi connectivity index (χ0) is 9.68. The molecule has 0 aliphatic heterocycles. The molecular formula is C10H14ClNS. The van der Waals surface area contributed by atoms with Gasteiger partial charge in [-0.15, -0.1) is 0 Å². The molecule has 0 aliphatic carbocycles. The minimum atomic E-state index is 0.423. The highest BCUT2D eigenvalue weighted by atomic mass is 35.5. The maximum absolute atomic E-state index is 5.81. The second-order valence-corrected chi connectivity index (χ2v) is 4.20. The number of nitrogens with one attached hydrogen (secondary N) is 1. The number of hydrogen-bond acceptors (Lipinski definition) is 2. The van der Waals surface area contributed by atoms with E-state index in [0.29, 0.717) is 6.04 Å². The average molecular weight is 216 g/mol. The Balaban J connectivity index is 2.73. The molecule has 1 unspecified atom stereocenters. The molecule has 1 rings (SSSR count). The monoisotopic (exact) mass is 215 g/mol. The number of rotatable bonds is 4. The van der Waals surface area contributed by atoms with Gasteiger partial charge in [-0.1, -0.05) is 23.7 Å². The summed E-state index contributed by atoms with van der Waals surface area (Å²) in [5.74, 6) is 1.08. The van der Waals surface area contributed by atoms with E-state index in [9.17, 15) is 0 Å². The first-order valence-electron chi connectivity index (χ1n) is 4.19. The molecule has 0 radical (unpaired) electrons. The third kappa shape index (κ3) is 3.22. The lowest BCUT2D eigenvalue weighted by molar-refractivity contribution is 0.662. The molecule has 3 heteroatoms. The van der Waals surface area contributed by atoms with Crippen molar-refractivity contribution in [2.75, 3.05) is 19.1 Å². The smallest absolute Gasteiger partial charge is 0.0409 e. The fourth-order valence-corrected chi connectivity index (χ4v) is 2.03. The molecule has 1 aromatic carbocycles. The summed E-state index contributed by atoms with van der Waals surface area (Å²) in [6.45, 7) is 0. The van der Waals surface area contributed by atoms with Gasteiger partial charge in [0, 0.05) is 16.8 Å². The van der Waals surface area contributed by atoms with Gasteiger partial charge in [-0.3, -0.25) is 0 Å². The van der Waals surface area contributed by atoms with Crippen LogP contribution in [0.3, 0.4) is 0 Å². The summed E-state index contributed by atoms with van der Waals surface area (Å²) in [5.41, 5.74) is 1.29. The summed E-state index contributed by atoms with van der Waals surface area (Å²) < 4.78 is 0.